The van der Waals surface area contributed by atoms with Gasteiger partial charge in [-0.25, -0.2) is 0 Å². The van der Waals surface area contributed by atoms with E-state index in [0.29, 0.717) is 5.56 Å². The van der Waals surface area contributed by atoms with E-state index in [1.807, 2.05) is 31.2 Å². The number of rotatable bonds is 5. The molecule has 0 saturated carbocycles. The minimum atomic E-state index is -1.39. The predicted octanol–water partition coefficient (Wildman–Crippen LogP) is 2.05. The summed E-state index contributed by atoms with van der Waals surface area (Å²) < 4.78 is 0. The second-order valence-corrected chi connectivity index (χ2v) is 3.67. The van der Waals surface area contributed by atoms with Gasteiger partial charge >= 0.3 is 11.9 Å². The summed E-state index contributed by atoms with van der Waals surface area (Å²) in [6.07, 6.45) is 3.81. The average molecular weight is 234 g/mol. The average Bonchev–Trinajstić information content (AvgIpc) is 2.27. The van der Waals surface area contributed by atoms with E-state index in [9.17, 15) is 9.59 Å². The number of hydrogen-bond acceptors (Lipinski definition) is 2. The van der Waals surface area contributed by atoms with Gasteiger partial charge in [-0.15, -0.1) is 0 Å². The second-order valence-electron chi connectivity index (χ2n) is 3.67. The first-order chi connectivity index (χ1) is 8.04. The highest BCUT2D eigenvalue weighted by Crippen LogP contribution is 2.12. The van der Waals surface area contributed by atoms with E-state index in [1.54, 1.807) is 12.1 Å². The Bertz CT molecular complexity index is 417. The number of carboxylic acids is 2. The van der Waals surface area contributed by atoms with E-state index < -0.39 is 17.9 Å². The molecule has 1 aromatic rings. The Morgan fingerprint density at radius 2 is 1.71 bits per heavy atom. The van der Waals surface area contributed by atoms with Gasteiger partial charge in [0, 0.05) is 0 Å². The topological polar surface area (TPSA) is 74.6 Å². The van der Waals surface area contributed by atoms with E-state index in [4.69, 9.17) is 10.2 Å². The number of hydrogen-bond donors (Lipinski definition) is 2. The van der Waals surface area contributed by atoms with Crippen LogP contribution in [0, 0.1) is 5.92 Å². The minimum Gasteiger partial charge on any atom is -0.481 e. The van der Waals surface area contributed by atoms with E-state index in [2.05, 4.69) is 0 Å². The summed E-state index contributed by atoms with van der Waals surface area (Å²) in [6, 6.07) is 7.15. The van der Waals surface area contributed by atoms with Gasteiger partial charge in [0.05, 0.1) is 0 Å². The van der Waals surface area contributed by atoms with Gasteiger partial charge in [0.2, 0.25) is 0 Å². The maximum absolute atomic E-state index is 10.7. The molecule has 0 unspecified atom stereocenters. The molecule has 1 aromatic carbocycles. The lowest BCUT2D eigenvalue weighted by atomic mass is 9.99. The molecule has 2 N–H and O–H groups in total. The van der Waals surface area contributed by atoms with Crippen molar-refractivity contribution in [2.45, 2.75) is 13.3 Å². The Hall–Kier alpha value is -2.10. The minimum absolute atomic E-state index is 0.000780. The SMILES string of the molecule is C/C=C/c1ccc(CC(C(=O)O)C(=O)O)cc1. The van der Waals surface area contributed by atoms with Gasteiger partial charge in [0.1, 0.15) is 0 Å². The monoisotopic (exact) mass is 234 g/mol. The molecule has 0 aliphatic heterocycles. The highest BCUT2D eigenvalue weighted by Gasteiger charge is 2.25. The van der Waals surface area contributed by atoms with Crippen molar-refractivity contribution in [3.8, 4) is 0 Å². The smallest absolute Gasteiger partial charge is 0.318 e. The number of allylic oxidation sites excluding steroid dienone is 1. The molecule has 0 radical (unpaired) electrons. The van der Waals surface area contributed by atoms with Crippen LogP contribution in [0.15, 0.2) is 30.3 Å². The molecule has 90 valence electrons. The lowest BCUT2D eigenvalue weighted by Crippen LogP contribution is -2.25. The number of carbonyl (C=O) groups is 2. The van der Waals surface area contributed by atoms with E-state index in [1.165, 1.54) is 0 Å². The fourth-order valence-corrected chi connectivity index (χ4v) is 1.47. The van der Waals surface area contributed by atoms with Crippen LogP contribution < -0.4 is 0 Å². The molecule has 4 heteroatoms. The number of carboxylic acid groups (broad SMARTS) is 2. The highest BCUT2D eigenvalue weighted by atomic mass is 16.4. The first-order valence-electron chi connectivity index (χ1n) is 5.22. The third-order valence-corrected chi connectivity index (χ3v) is 2.37. The summed E-state index contributed by atoms with van der Waals surface area (Å²) in [7, 11) is 0. The summed E-state index contributed by atoms with van der Waals surface area (Å²) in [5.41, 5.74) is 1.70. The summed E-state index contributed by atoms with van der Waals surface area (Å²) in [6.45, 7) is 1.90. The fraction of sp³-hybridized carbons (Fsp3) is 0.231. The van der Waals surface area contributed by atoms with Crippen molar-refractivity contribution in [2.24, 2.45) is 5.92 Å². The predicted molar refractivity (Wildman–Crippen MR) is 63.6 cm³/mol. The normalized spacial score (nSPS) is 10.9. The van der Waals surface area contributed by atoms with E-state index in [0.717, 1.165) is 5.56 Å². The summed E-state index contributed by atoms with van der Waals surface area (Å²) in [5, 5.41) is 17.5. The summed E-state index contributed by atoms with van der Waals surface area (Å²) in [5.74, 6) is -4.01. The van der Waals surface area contributed by atoms with Crippen LogP contribution in [0.4, 0.5) is 0 Å². The van der Waals surface area contributed by atoms with Crippen LogP contribution in [0.3, 0.4) is 0 Å². The van der Waals surface area contributed by atoms with Gasteiger partial charge in [0.25, 0.3) is 0 Å². The van der Waals surface area contributed by atoms with Gasteiger partial charge in [-0.1, -0.05) is 36.4 Å². The van der Waals surface area contributed by atoms with Crippen LogP contribution in [0.1, 0.15) is 18.1 Å². The largest absolute Gasteiger partial charge is 0.481 e. The maximum atomic E-state index is 10.7. The first kappa shape index (κ1) is 13.0. The molecular formula is C13H14O4. The van der Waals surface area contributed by atoms with Gasteiger partial charge in [-0.3, -0.25) is 9.59 Å². The number of benzene rings is 1. The molecule has 1 rings (SSSR count). The Morgan fingerprint density at radius 1 is 1.18 bits per heavy atom. The van der Waals surface area contributed by atoms with Crippen LogP contribution >= 0.6 is 0 Å². The molecule has 4 nitrogen and oxygen atoms in total. The molecule has 0 aliphatic rings. The zero-order chi connectivity index (χ0) is 12.8. The van der Waals surface area contributed by atoms with Crippen LogP contribution in [-0.2, 0) is 16.0 Å². The fourth-order valence-electron chi connectivity index (χ4n) is 1.47. The highest BCUT2D eigenvalue weighted by molar-refractivity contribution is 5.93. The lowest BCUT2D eigenvalue weighted by Gasteiger charge is -2.07. The molecule has 0 aromatic heterocycles. The van der Waals surface area contributed by atoms with Gasteiger partial charge in [-0.2, -0.15) is 0 Å². The summed E-state index contributed by atoms with van der Waals surface area (Å²) in [4.78, 5) is 21.4. The van der Waals surface area contributed by atoms with E-state index >= 15 is 0 Å². The van der Waals surface area contributed by atoms with Gasteiger partial charge < -0.3 is 10.2 Å². The molecule has 0 spiro atoms. The maximum Gasteiger partial charge on any atom is 0.318 e. The molecule has 0 heterocycles. The van der Waals surface area contributed by atoms with Crippen molar-refractivity contribution in [1.29, 1.82) is 0 Å². The molecule has 17 heavy (non-hydrogen) atoms. The molecule has 0 atom stereocenters. The van der Waals surface area contributed by atoms with Gasteiger partial charge in [0.15, 0.2) is 5.92 Å². The molecule has 0 saturated heterocycles. The first-order valence-corrected chi connectivity index (χ1v) is 5.22. The lowest BCUT2D eigenvalue weighted by molar-refractivity contribution is -0.154. The molecule has 0 amide bonds. The molecule has 0 fully saturated rings. The summed E-state index contributed by atoms with van der Waals surface area (Å²) >= 11 is 0. The van der Waals surface area contributed by atoms with Crippen molar-refractivity contribution < 1.29 is 19.8 Å². The Morgan fingerprint density at radius 3 is 2.12 bits per heavy atom. The van der Waals surface area contributed by atoms with Crippen LogP contribution in [0.25, 0.3) is 6.08 Å². The molecular weight excluding hydrogens is 220 g/mol. The van der Waals surface area contributed by atoms with Crippen molar-refractivity contribution in [2.75, 3.05) is 0 Å². The molecule has 0 bridgehead atoms. The Balaban J connectivity index is 2.80. The van der Waals surface area contributed by atoms with Crippen molar-refractivity contribution >= 4 is 18.0 Å². The van der Waals surface area contributed by atoms with Gasteiger partial charge in [-0.05, 0) is 24.5 Å². The second kappa shape index (κ2) is 5.84. The molecule has 0 aliphatic carbocycles. The zero-order valence-corrected chi connectivity index (χ0v) is 9.46. The number of aliphatic carboxylic acids is 2. The van der Waals surface area contributed by atoms with Crippen molar-refractivity contribution in [1.82, 2.24) is 0 Å². The third-order valence-electron chi connectivity index (χ3n) is 2.37. The van der Waals surface area contributed by atoms with Crippen LogP contribution in [0.2, 0.25) is 0 Å². The standard InChI is InChI=1S/C13H14O4/c1-2-3-9-4-6-10(7-5-9)8-11(12(14)15)13(16)17/h2-7,11H,8H2,1H3,(H,14,15)(H,16,17)/b3-2+. The van der Waals surface area contributed by atoms with Crippen LogP contribution in [-0.4, -0.2) is 22.2 Å². The third kappa shape index (κ3) is 3.75. The van der Waals surface area contributed by atoms with Crippen molar-refractivity contribution in [3.05, 3.63) is 41.5 Å². The van der Waals surface area contributed by atoms with Crippen molar-refractivity contribution in [3.63, 3.8) is 0 Å². The Labute approximate surface area is 99.2 Å². The zero-order valence-electron chi connectivity index (χ0n) is 9.46. The van der Waals surface area contributed by atoms with E-state index in [-0.39, 0.29) is 6.42 Å². The van der Waals surface area contributed by atoms with Crippen LogP contribution in [0.5, 0.6) is 0 Å². The quantitative estimate of drug-likeness (QED) is 0.764. The Kier molecular flexibility index (Phi) is 4.46.